The van der Waals surface area contributed by atoms with Crippen LogP contribution in [-0.4, -0.2) is 26.0 Å². The second-order valence-corrected chi connectivity index (χ2v) is 8.03. The van der Waals surface area contributed by atoms with Crippen molar-refractivity contribution in [1.29, 1.82) is 0 Å². The Balaban J connectivity index is 1.80. The highest BCUT2D eigenvalue weighted by atomic mass is 32.1. The van der Waals surface area contributed by atoms with Crippen molar-refractivity contribution in [3.8, 4) is 11.8 Å². The van der Waals surface area contributed by atoms with Crippen LogP contribution < -0.4 is 5.32 Å². The molecule has 5 nitrogen and oxygen atoms in total. The molecule has 1 unspecified atom stereocenters. The quantitative estimate of drug-likeness (QED) is 0.652. The summed E-state index contributed by atoms with van der Waals surface area (Å²) in [7, 11) is 0. The maximum Gasteiger partial charge on any atom is 0.221 e. The van der Waals surface area contributed by atoms with Gasteiger partial charge in [0.15, 0.2) is 0 Å². The van der Waals surface area contributed by atoms with Crippen LogP contribution in [0.4, 0.5) is 0 Å². The maximum absolute atomic E-state index is 12.2. The van der Waals surface area contributed by atoms with Crippen molar-refractivity contribution in [1.82, 2.24) is 14.7 Å². The van der Waals surface area contributed by atoms with Gasteiger partial charge < -0.3 is 14.8 Å². The van der Waals surface area contributed by atoms with Crippen molar-refractivity contribution >= 4 is 22.9 Å². The normalized spacial score (nSPS) is 17.2. The third-order valence-electron chi connectivity index (χ3n) is 4.28. The van der Waals surface area contributed by atoms with Crippen molar-refractivity contribution in [2.24, 2.45) is 0 Å². The summed E-state index contributed by atoms with van der Waals surface area (Å²) in [4.78, 5) is 18.9. The number of hydrogen-bond acceptors (Lipinski definition) is 4. The summed E-state index contributed by atoms with van der Waals surface area (Å²) >= 11 is 1.56. The van der Waals surface area contributed by atoms with E-state index in [9.17, 15) is 9.90 Å². The van der Waals surface area contributed by atoms with E-state index in [0.29, 0.717) is 13.0 Å². The summed E-state index contributed by atoms with van der Waals surface area (Å²) in [6.45, 7) is 3.77. The summed E-state index contributed by atoms with van der Waals surface area (Å²) in [6.07, 6.45) is 2.38. The summed E-state index contributed by atoms with van der Waals surface area (Å²) in [5, 5.41) is 12.7. The molecule has 0 aliphatic carbocycles. The van der Waals surface area contributed by atoms with E-state index in [0.717, 1.165) is 26.8 Å². The SMILES string of the molecule is CC(C)(O)C#Cc1ccc(C2CC(=O)NCc3nc4ccccn4c32)s1. The molecule has 1 aliphatic heterocycles. The number of thiophene rings is 1. The Labute approximate surface area is 155 Å². The zero-order chi connectivity index (χ0) is 18.3. The molecular weight excluding hydrogens is 346 g/mol. The molecule has 1 atom stereocenters. The molecule has 1 amide bonds. The fourth-order valence-electron chi connectivity index (χ4n) is 3.16. The molecule has 0 spiro atoms. The molecule has 0 saturated carbocycles. The molecule has 3 aromatic heterocycles. The van der Waals surface area contributed by atoms with Gasteiger partial charge in [0.2, 0.25) is 5.91 Å². The molecular formula is C20H19N3O2S. The number of aliphatic hydroxyl groups is 1. The minimum atomic E-state index is -1.03. The first-order chi connectivity index (χ1) is 12.4. The van der Waals surface area contributed by atoms with E-state index in [1.165, 1.54) is 0 Å². The lowest BCUT2D eigenvalue weighted by atomic mass is 9.98. The lowest BCUT2D eigenvalue weighted by Crippen LogP contribution is -2.21. The number of carbonyl (C=O) groups excluding carboxylic acids is 1. The summed E-state index contributed by atoms with van der Waals surface area (Å²) in [5.41, 5.74) is 1.82. The van der Waals surface area contributed by atoms with Gasteiger partial charge in [0, 0.05) is 23.4 Å². The first kappa shape index (κ1) is 16.8. The highest BCUT2D eigenvalue weighted by Crippen LogP contribution is 2.36. The Morgan fingerprint density at radius 2 is 2.19 bits per heavy atom. The van der Waals surface area contributed by atoms with Crippen molar-refractivity contribution in [3.63, 3.8) is 0 Å². The average molecular weight is 365 g/mol. The molecule has 132 valence electrons. The van der Waals surface area contributed by atoms with E-state index in [1.807, 2.05) is 36.5 Å². The number of pyridine rings is 1. The van der Waals surface area contributed by atoms with Crippen LogP contribution in [0, 0.1) is 11.8 Å². The monoisotopic (exact) mass is 365 g/mol. The second-order valence-electron chi connectivity index (χ2n) is 6.92. The van der Waals surface area contributed by atoms with Gasteiger partial charge in [0.25, 0.3) is 0 Å². The minimum absolute atomic E-state index is 0.0233. The van der Waals surface area contributed by atoms with Gasteiger partial charge in [-0.3, -0.25) is 4.79 Å². The highest BCUT2D eigenvalue weighted by molar-refractivity contribution is 7.12. The number of fused-ring (bicyclic) bond motifs is 3. The number of imidazole rings is 1. The van der Waals surface area contributed by atoms with Crippen LogP contribution in [0.5, 0.6) is 0 Å². The number of nitrogens with zero attached hydrogens (tertiary/aromatic N) is 2. The average Bonchev–Trinajstić information content (AvgIpc) is 3.16. The van der Waals surface area contributed by atoms with Gasteiger partial charge in [-0.15, -0.1) is 11.3 Å². The molecule has 4 heterocycles. The molecule has 0 radical (unpaired) electrons. The van der Waals surface area contributed by atoms with Crippen molar-refractivity contribution in [3.05, 3.63) is 57.7 Å². The van der Waals surface area contributed by atoms with Gasteiger partial charge in [-0.2, -0.15) is 0 Å². The van der Waals surface area contributed by atoms with Crippen molar-refractivity contribution in [2.75, 3.05) is 0 Å². The molecule has 1 aliphatic rings. The first-order valence-corrected chi connectivity index (χ1v) is 9.30. The Hall–Kier alpha value is -2.62. The summed E-state index contributed by atoms with van der Waals surface area (Å²) in [6, 6.07) is 9.88. The van der Waals surface area contributed by atoms with Crippen LogP contribution in [0.25, 0.3) is 5.65 Å². The molecule has 0 bridgehead atoms. The van der Waals surface area contributed by atoms with E-state index >= 15 is 0 Å². The molecule has 2 N–H and O–H groups in total. The van der Waals surface area contributed by atoms with Crippen LogP contribution in [0.2, 0.25) is 0 Å². The standard InChI is InChI=1S/C20H19N3O2S/c1-20(2,25)9-8-13-6-7-16(26-13)14-11-18(24)21-12-15-19(14)23-10-4-3-5-17(23)22-15/h3-7,10,14,25H,11-12H2,1-2H3,(H,21,24). The summed E-state index contributed by atoms with van der Waals surface area (Å²) < 4.78 is 2.07. The van der Waals surface area contributed by atoms with Gasteiger partial charge >= 0.3 is 0 Å². The Morgan fingerprint density at radius 3 is 3.00 bits per heavy atom. The number of aromatic nitrogens is 2. The number of hydrogen-bond donors (Lipinski definition) is 2. The number of rotatable bonds is 1. The van der Waals surface area contributed by atoms with Crippen LogP contribution >= 0.6 is 11.3 Å². The van der Waals surface area contributed by atoms with Gasteiger partial charge in [0.1, 0.15) is 11.2 Å². The van der Waals surface area contributed by atoms with Crippen molar-refractivity contribution in [2.45, 2.75) is 38.3 Å². The molecule has 0 saturated heterocycles. The van der Waals surface area contributed by atoms with Crippen LogP contribution in [0.1, 0.15) is 47.3 Å². The maximum atomic E-state index is 12.2. The lowest BCUT2D eigenvalue weighted by molar-refractivity contribution is -0.121. The van der Waals surface area contributed by atoms with Crippen molar-refractivity contribution < 1.29 is 9.90 Å². The van der Waals surface area contributed by atoms with E-state index in [2.05, 4.69) is 21.6 Å². The number of amides is 1. The second kappa shape index (κ2) is 6.27. The van der Waals surface area contributed by atoms with E-state index in [4.69, 9.17) is 4.98 Å². The van der Waals surface area contributed by atoms with Gasteiger partial charge in [-0.05, 0) is 38.1 Å². The van der Waals surface area contributed by atoms with Gasteiger partial charge in [-0.25, -0.2) is 4.98 Å². The lowest BCUT2D eigenvalue weighted by Gasteiger charge is -2.13. The van der Waals surface area contributed by atoms with E-state index < -0.39 is 5.60 Å². The third kappa shape index (κ3) is 3.24. The van der Waals surface area contributed by atoms with E-state index in [1.54, 1.807) is 25.2 Å². The molecule has 4 rings (SSSR count). The number of carbonyl (C=O) groups is 1. The van der Waals surface area contributed by atoms with Crippen LogP contribution in [0.3, 0.4) is 0 Å². The number of nitrogens with one attached hydrogen (secondary N) is 1. The predicted octanol–water partition coefficient (Wildman–Crippen LogP) is 2.67. The van der Waals surface area contributed by atoms with Crippen LogP contribution in [0.15, 0.2) is 36.5 Å². The minimum Gasteiger partial charge on any atom is -0.378 e. The van der Waals surface area contributed by atoms with E-state index in [-0.39, 0.29) is 11.8 Å². The van der Waals surface area contributed by atoms with Gasteiger partial charge in [-0.1, -0.05) is 17.9 Å². The topological polar surface area (TPSA) is 66.6 Å². The van der Waals surface area contributed by atoms with Crippen LogP contribution in [-0.2, 0) is 11.3 Å². The molecule has 6 heteroatoms. The smallest absolute Gasteiger partial charge is 0.221 e. The zero-order valence-electron chi connectivity index (χ0n) is 14.6. The Bertz CT molecular complexity index is 1050. The molecule has 0 fully saturated rings. The first-order valence-electron chi connectivity index (χ1n) is 8.48. The molecule has 0 aromatic carbocycles. The third-order valence-corrected chi connectivity index (χ3v) is 5.39. The predicted molar refractivity (Wildman–Crippen MR) is 101 cm³/mol. The summed E-state index contributed by atoms with van der Waals surface area (Å²) in [5.74, 6) is 5.82. The Kier molecular flexibility index (Phi) is 4.06. The van der Waals surface area contributed by atoms with Gasteiger partial charge in [0.05, 0.1) is 22.8 Å². The molecule has 3 aromatic rings. The zero-order valence-corrected chi connectivity index (χ0v) is 15.4. The molecule has 26 heavy (non-hydrogen) atoms. The fraction of sp³-hybridized carbons (Fsp3) is 0.300. The largest absolute Gasteiger partial charge is 0.378 e. The Morgan fingerprint density at radius 1 is 1.35 bits per heavy atom. The highest BCUT2D eigenvalue weighted by Gasteiger charge is 2.29. The fourth-order valence-corrected chi connectivity index (χ4v) is 4.12.